The fraction of sp³-hybridized carbons (Fsp3) is 0.450. The smallest absolute Gasteiger partial charge is 0.234 e. The Morgan fingerprint density at radius 3 is 2.92 bits per heavy atom. The topological polar surface area (TPSA) is 58.1 Å². The third kappa shape index (κ3) is 4.75. The van der Waals surface area contributed by atoms with Crippen LogP contribution in [-0.2, 0) is 4.79 Å². The van der Waals surface area contributed by atoms with Crippen molar-refractivity contribution in [3.05, 3.63) is 41.7 Å². The van der Waals surface area contributed by atoms with Gasteiger partial charge in [-0.3, -0.25) is 4.79 Å². The number of piperidine rings is 1. The van der Waals surface area contributed by atoms with Crippen LogP contribution in [0.4, 0.5) is 11.5 Å². The van der Waals surface area contributed by atoms with Crippen molar-refractivity contribution in [2.75, 3.05) is 22.5 Å². The molecule has 0 saturated carbocycles. The first kappa shape index (κ1) is 18.7. The van der Waals surface area contributed by atoms with Gasteiger partial charge < -0.3 is 10.2 Å². The highest BCUT2D eigenvalue weighted by molar-refractivity contribution is 7.99. The van der Waals surface area contributed by atoms with E-state index >= 15 is 0 Å². The molecule has 1 aliphatic heterocycles. The number of anilines is 2. The van der Waals surface area contributed by atoms with Gasteiger partial charge in [0.25, 0.3) is 0 Å². The summed E-state index contributed by atoms with van der Waals surface area (Å²) in [6.07, 6.45) is 5.28. The lowest BCUT2D eigenvalue weighted by atomic mass is 10.0. The Bertz CT molecular complexity index is 780. The van der Waals surface area contributed by atoms with E-state index in [4.69, 9.17) is 0 Å². The van der Waals surface area contributed by atoms with Gasteiger partial charge >= 0.3 is 0 Å². The van der Waals surface area contributed by atoms with Gasteiger partial charge in [0.1, 0.15) is 17.2 Å². The Kier molecular flexibility index (Phi) is 6.14. The summed E-state index contributed by atoms with van der Waals surface area (Å²) in [7, 11) is 0. The number of nitrogens with zero attached hydrogens (tertiary/aromatic N) is 3. The van der Waals surface area contributed by atoms with Crippen LogP contribution in [-0.4, -0.2) is 34.2 Å². The number of nitrogens with one attached hydrogen (secondary N) is 1. The summed E-state index contributed by atoms with van der Waals surface area (Å²) < 4.78 is 0. The first-order chi connectivity index (χ1) is 12.5. The number of hydrogen-bond acceptors (Lipinski definition) is 5. The number of carbonyl (C=O) groups excluding carboxylic acids is 1. The Morgan fingerprint density at radius 1 is 1.27 bits per heavy atom. The summed E-state index contributed by atoms with van der Waals surface area (Å²) >= 11 is 1.45. The first-order valence-electron chi connectivity index (χ1n) is 9.11. The zero-order chi connectivity index (χ0) is 18.5. The molecule has 0 radical (unpaired) electrons. The van der Waals surface area contributed by atoms with E-state index in [0.717, 1.165) is 34.2 Å². The second-order valence-corrected chi connectivity index (χ2v) is 7.90. The lowest BCUT2D eigenvalue weighted by Crippen LogP contribution is -2.38. The van der Waals surface area contributed by atoms with Gasteiger partial charge in [-0.25, -0.2) is 9.97 Å². The van der Waals surface area contributed by atoms with Crippen LogP contribution in [0.3, 0.4) is 0 Å². The second kappa shape index (κ2) is 8.54. The van der Waals surface area contributed by atoms with Gasteiger partial charge in [0.15, 0.2) is 0 Å². The van der Waals surface area contributed by atoms with Gasteiger partial charge in [-0.2, -0.15) is 0 Å². The number of carbonyl (C=O) groups is 1. The number of amides is 1. The van der Waals surface area contributed by atoms with Gasteiger partial charge in [-0.1, -0.05) is 23.9 Å². The third-order valence-electron chi connectivity index (χ3n) is 4.74. The van der Waals surface area contributed by atoms with Crippen LogP contribution >= 0.6 is 11.8 Å². The van der Waals surface area contributed by atoms with Crippen LogP contribution in [0.15, 0.2) is 35.6 Å². The minimum absolute atomic E-state index is 0.0183. The largest absolute Gasteiger partial charge is 0.354 e. The zero-order valence-corrected chi connectivity index (χ0v) is 16.5. The molecule has 1 aromatic carbocycles. The molecule has 26 heavy (non-hydrogen) atoms. The van der Waals surface area contributed by atoms with Crippen LogP contribution in [0.25, 0.3) is 0 Å². The minimum atomic E-state index is -0.0183. The van der Waals surface area contributed by atoms with Crippen LogP contribution in [0.5, 0.6) is 0 Å². The fourth-order valence-corrected chi connectivity index (χ4v) is 3.86. The lowest BCUT2D eigenvalue weighted by molar-refractivity contribution is -0.113. The maximum Gasteiger partial charge on any atom is 0.234 e. The first-order valence-corrected chi connectivity index (χ1v) is 10.1. The Labute approximate surface area is 159 Å². The number of thioether (sulfide) groups is 1. The molecule has 1 fully saturated rings. The van der Waals surface area contributed by atoms with Crippen molar-refractivity contribution >= 4 is 29.2 Å². The van der Waals surface area contributed by atoms with E-state index in [-0.39, 0.29) is 5.91 Å². The maximum atomic E-state index is 12.3. The van der Waals surface area contributed by atoms with E-state index in [0.29, 0.717) is 11.8 Å². The molecule has 1 atom stereocenters. The van der Waals surface area contributed by atoms with Crippen LogP contribution in [0, 0.1) is 13.8 Å². The summed E-state index contributed by atoms with van der Waals surface area (Å²) in [4.78, 5) is 23.4. The molecule has 138 valence electrons. The SMILES string of the molecule is Cc1ccc(C)c(NC(=O)CSc2cc(N3CCCC[C@H]3C)ncn2)c1. The van der Waals surface area contributed by atoms with Crippen molar-refractivity contribution in [3.63, 3.8) is 0 Å². The molecule has 5 nitrogen and oxygen atoms in total. The summed E-state index contributed by atoms with van der Waals surface area (Å²) in [6.45, 7) is 7.30. The van der Waals surface area contributed by atoms with Crippen molar-refractivity contribution in [3.8, 4) is 0 Å². The van der Waals surface area contributed by atoms with E-state index in [1.807, 2.05) is 38.1 Å². The Balaban J connectivity index is 1.60. The zero-order valence-electron chi connectivity index (χ0n) is 15.7. The van der Waals surface area contributed by atoms with Crippen molar-refractivity contribution in [2.45, 2.75) is 51.1 Å². The van der Waals surface area contributed by atoms with Gasteiger partial charge in [0, 0.05) is 24.3 Å². The molecule has 1 saturated heterocycles. The van der Waals surface area contributed by atoms with Crippen LogP contribution < -0.4 is 10.2 Å². The van der Waals surface area contributed by atoms with Crippen molar-refractivity contribution in [1.82, 2.24) is 9.97 Å². The highest BCUT2D eigenvalue weighted by Gasteiger charge is 2.20. The summed E-state index contributed by atoms with van der Waals surface area (Å²) in [5.41, 5.74) is 3.08. The van der Waals surface area contributed by atoms with E-state index in [2.05, 4.69) is 27.1 Å². The molecular weight excluding hydrogens is 344 g/mol. The average molecular weight is 371 g/mol. The molecule has 1 aliphatic rings. The molecule has 3 rings (SSSR count). The van der Waals surface area contributed by atoms with Gasteiger partial charge in [-0.05, 0) is 57.2 Å². The molecule has 1 amide bonds. The number of hydrogen-bond donors (Lipinski definition) is 1. The van der Waals surface area contributed by atoms with Gasteiger partial charge in [0.05, 0.1) is 5.75 Å². The molecule has 0 unspecified atom stereocenters. The Hall–Kier alpha value is -2.08. The summed E-state index contributed by atoms with van der Waals surface area (Å²) in [6, 6.07) is 8.57. The minimum Gasteiger partial charge on any atom is -0.354 e. The lowest BCUT2D eigenvalue weighted by Gasteiger charge is -2.34. The molecule has 2 aromatic rings. The van der Waals surface area contributed by atoms with E-state index < -0.39 is 0 Å². The second-order valence-electron chi connectivity index (χ2n) is 6.91. The van der Waals surface area contributed by atoms with Crippen molar-refractivity contribution < 1.29 is 4.79 Å². The molecule has 0 spiro atoms. The third-order valence-corrected chi connectivity index (χ3v) is 5.67. The standard InChI is InChI=1S/C20H26N4OS/c1-14-7-8-15(2)17(10-14)23-19(25)12-26-20-11-18(21-13-22-20)24-9-5-4-6-16(24)3/h7-8,10-11,13,16H,4-6,9,12H2,1-3H3,(H,23,25)/t16-/m1/s1. The monoisotopic (exact) mass is 370 g/mol. The maximum absolute atomic E-state index is 12.3. The number of aryl methyl sites for hydroxylation is 2. The molecule has 0 bridgehead atoms. The fourth-order valence-electron chi connectivity index (χ4n) is 3.20. The summed E-state index contributed by atoms with van der Waals surface area (Å²) in [5, 5.41) is 3.83. The molecule has 1 aromatic heterocycles. The van der Waals surface area contributed by atoms with E-state index in [1.54, 1.807) is 6.33 Å². The molecular formula is C20H26N4OS. The normalized spacial score (nSPS) is 17.2. The predicted molar refractivity (Wildman–Crippen MR) is 108 cm³/mol. The highest BCUT2D eigenvalue weighted by Crippen LogP contribution is 2.26. The quantitative estimate of drug-likeness (QED) is 0.631. The van der Waals surface area contributed by atoms with Crippen LogP contribution in [0.1, 0.15) is 37.3 Å². The van der Waals surface area contributed by atoms with E-state index in [9.17, 15) is 4.79 Å². The summed E-state index contributed by atoms with van der Waals surface area (Å²) in [5.74, 6) is 1.28. The Morgan fingerprint density at radius 2 is 2.12 bits per heavy atom. The molecule has 6 heteroatoms. The average Bonchev–Trinajstić information content (AvgIpc) is 2.64. The highest BCUT2D eigenvalue weighted by atomic mass is 32.2. The van der Waals surface area contributed by atoms with Gasteiger partial charge in [0.2, 0.25) is 5.91 Å². The van der Waals surface area contributed by atoms with Crippen LogP contribution in [0.2, 0.25) is 0 Å². The number of rotatable bonds is 5. The molecule has 0 aliphatic carbocycles. The van der Waals surface area contributed by atoms with Crippen molar-refractivity contribution in [1.29, 1.82) is 0 Å². The molecule has 1 N–H and O–H groups in total. The number of benzene rings is 1. The van der Waals surface area contributed by atoms with Gasteiger partial charge in [-0.15, -0.1) is 0 Å². The number of aromatic nitrogens is 2. The predicted octanol–water partition coefficient (Wildman–Crippen LogP) is 4.20. The molecule has 2 heterocycles. The van der Waals surface area contributed by atoms with E-state index in [1.165, 1.54) is 31.0 Å². The van der Waals surface area contributed by atoms with Crippen molar-refractivity contribution in [2.24, 2.45) is 0 Å².